The molecule has 0 spiro atoms. The van der Waals surface area contributed by atoms with Crippen LogP contribution in [-0.4, -0.2) is 50.2 Å². The van der Waals surface area contributed by atoms with Gasteiger partial charge in [0.15, 0.2) is 0 Å². The first-order chi connectivity index (χ1) is 8.77. The normalized spacial score (nSPS) is 30.2. The van der Waals surface area contributed by atoms with Gasteiger partial charge in [0.25, 0.3) is 0 Å². The minimum atomic E-state index is 0.0225. The predicted octanol–water partition coefficient (Wildman–Crippen LogP) is 1.04. The Morgan fingerprint density at radius 2 is 2.39 bits per heavy atom. The van der Waals surface area contributed by atoms with E-state index >= 15 is 0 Å². The molecule has 2 aliphatic rings. The lowest BCUT2D eigenvalue weighted by molar-refractivity contribution is -0.134. The zero-order valence-corrected chi connectivity index (χ0v) is 11.2. The molecule has 0 aromatic rings. The molecule has 4 heteroatoms. The number of nitrogens with zero attached hydrogens (tertiary/aromatic N) is 1. The van der Waals surface area contributed by atoms with Crippen LogP contribution in [0.3, 0.4) is 0 Å². The molecule has 1 saturated heterocycles. The first-order valence-corrected chi connectivity index (χ1v) is 6.90. The average Bonchev–Trinajstić information content (AvgIpc) is 2.95. The van der Waals surface area contributed by atoms with Gasteiger partial charge in [-0.25, -0.2) is 0 Å². The number of hydrogen-bond acceptors (Lipinski definition) is 3. The van der Waals surface area contributed by atoms with Gasteiger partial charge in [-0.2, -0.15) is 0 Å². The third-order valence-corrected chi connectivity index (χ3v) is 4.24. The molecule has 2 rings (SSSR count). The Morgan fingerprint density at radius 3 is 3.11 bits per heavy atom. The van der Waals surface area contributed by atoms with Gasteiger partial charge in [-0.1, -0.05) is 12.5 Å². The van der Waals surface area contributed by atoms with Crippen LogP contribution in [-0.2, 0) is 9.53 Å². The van der Waals surface area contributed by atoms with Crippen molar-refractivity contribution in [3.05, 3.63) is 12.7 Å². The van der Waals surface area contributed by atoms with Crippen LogP contribution in [0.25, 0.3) is 0 Å². The van der Waals surface area contributed by atoms with Crippen LogP contribution in [0.5, 0.6) is 0 Å². The number of methoxy groups -OCH3 is 1. The second kappa shape index (κ2) is 6.34. The van der Waals surface area contributed by atoms with Crippen molar-refractivity contribution in [1.82, 2.24) is 10.2 Å². The van der Waals surface area contributed by atoms with E-state index in [1.807, 2.05) is 4.90 Å². The van der Waals surface area contributed by atoms with Crippen molar-refractivity contribution < 1.29 is 9.53 Å². The van der Waals surface area contributed by atoms with Gasteiger partial charge in [-0.05, 0) is 31.2 Å². The Hall–Kier alpha value is -0.870. The molecular formula is C14H24N2O2. The van der Waals surface area contributed by atoms with E-state index in [0.717, 1.165) is 6.54 Å². The molecule has 102 valence electrons. The first-order valence-electron chi connectivity index (χ1n) is 6.90. The van der Waals surface area contributed by atoms with Gasteiger partial charge in [-0.3, -0.25) is 4.79 Å². The first kappa shape index (κ1) is 13.6. The number of fused-ring (bicyclic) bond motifs is 1. The highest BCUT2D eigenvalue weighted by Crippen LogP contribution is 2.38. The van der Waals surface area contributed by atoms with Crippen LogP contribution >= 0.6 is 0 Å². The van der Waals surface area contributed by atoms with E-state index in [2.05, 4.69) is 11.9 Å². The van der Waals surface area contributed by atoms with Gasteiger partial charge in [0, 0.05) is 20.2 Å². The Balaban J connectivity index is 1.96. The maximum Gasteiger partial charge on any atom is 0.240 e. The summed E-state index contributed by atoms with van der Waals surface area (Å²) in [6, 6.07) is 0.0225. The summed E-state index contributed by atoms with van der Waals surface area (Å²) in [6.45, 7) is 6.58. The molecule has 1 aliphatic heterocycles. The lowest BCUT2D eigenvalue weighted by Crippen LogP contribution is -2.47. The molecule has 18 heavy (non-hydrogen) atoms. The molecule has 1 saturated carbocycles. The molecule has 3 unspecified atom stereocenters. The smallest absolute Gasteiger partial charge is 0.240 e. The molecule has 0 radical (unpaired) electrons. The van der Waals surface area contributed by atoms with Gasteiger partial charge >= 0.3 is 0 Å². The molecule has 2 fully saturated rings. The van der Waals surface area contributed by atoms with Crippen LogP contribution < -0.4 is 5.32 Å². The summed E-state index contributed by atoms with van der Waals surface area (Å²) in [6.07, 6.45) is 5.54. The van der Waals surface area contributed by atoms with Gasteiger partial charge < -0.3 is 15.0 Å². The molecule has 1 amide bonds. The number of ether oxygens (including phenoxy) is 1. The Bertz CT molecular complexity index is 306. The van der Waals surface area contributed by atoms with E-state index in [9.17, 15) is 4.79 Å². The topological polar surface area (TPSA) is 41.6 Å². The van der Waals surface area contributed by atoms with Crippen LogP contribution in [0.2, 0.25) is 0 Å². The molecule has 1 aliphatic carbocycles. The fourth-order valence-corrected chi connectivity index (χ4v) is 3.30. The van der Waals surface area contributed by atoms with Crippen molar-refractivity contribution >= 4 is 5.91 Å². The fraction of sp³-hybridized carbons (Fsp3) is 0.786. The van der Waals surface area contributed by atoms with E-state index < -0.39 is 0 Å². The number of hydrogen-bond donors (Lipinski definition) is 1. The van der Waals surface area contributed by atoms with Gasteiger partial charge in [0.1, 0.15) is 0 Å². The molecule has 4 nitrogen and oxygen atoms in total. The maximum absolute atomic E-state index is 12.5. The van der Waals surface area contributed by atoms with Gasteiger partial charge in [-0.15, -0.1) is 6.58 Å². The quantitative estimate of drug-likeness (QED) is 0.718. The summed E-state index contributed by atoms with van der Waals surface area (Å²) in [5, 5.41) is 3.41. The van der Waals surface area contributed by atoms with Crippen molar-refractivity contribution in [2.24, 2.45) is 11.8 Å². The molecule has 0 aromatic carbocycles. The number of carbonyl (C=O) groups excluding carboxylic acids is 1. The van der Waals surface area contributed by atoms with E-state index in [4.69, 9.17) is 4.74 Å². The second-order valence-electron chi connectivity index (χ2n) is 5.31. The third kappa shape index (κ3) is 2.75. The highest BCUT2D eigenvalue weighted by molar-refractivity contribution is 5.83. The van der Waals surface area contributed by atoms with Crippen LogP contribution in [0.15, 0.2) is 12.7 Å². The molecular weight excluding hydrogens is 228 g/mol. The van der Waals surface area contributed by atoms with Crippen molar-refractivity contribution in [2.75, 3.05) is 33.4 Å². The molecule has 1 heterocycles. The standard InChI is InChI=1S/C14H24N2O2/c1-3-7-16(8-9-18-2)14(17)13-12-6-4-5-11(12)10-15-13/h3,11-13,15H,1,4-10H2,2H3. The van der Waals surface area contributed by atoms with Crippen LogP contribution in [0.4, 0.5) is 0 Å². The SMILES string of the molecule is C=CCN(CCOC)C(=O)C1NCC2CCCC21. The van der Waals surface area contributed by atoms with Crippen molar-refractivity contribution in [2.45, 2.75) is 25.3 Å². The molecule has 0 aromatic heterocycles. The summed E-state index contributed by atoms with van der Waals surface area (Å²) in [5.74, 6) is 1.49. The minimum Gasteiger partial charge on any atom is -0.383 e. The number of carbonyl (C=O) groups is 1. The Morgan fingerprint density at radius 1 is 1.56 bits per heavy atom. The Labute approximate surface area is 109 Å². The lowest BCUT2D eigenvalue weighted by Gasteiger charge is -2.27. The number of nitrogens with one attached hydrogen (secondary N) is 1. The van der Waals surface area contributed by atoms with E-state index in [-0.39, 0.29) is 11.9 Å². The summed E-state index contributed by atoms with van der Waals surface area (Å²) in [5.41, 5.74) is 0. The predicted molar refractivity (Wildman–Crippen MR) is 71.3 cm³/mol. The van der Waals surface area contributed by atoms with E-state index in [1.165, 1.54) is 19.3 Å². The zero-order valence-electron chi connectivity index (χ0n) is 11.2. The maximum atomic E-state index is 12.5. The summed E-state index contributed by atoms with van der Waals surface area (Å²) in [4.78, 5) is 14.4. The van der Waals surface area contributed by atoms with Gasteiger partial charge in [0.05, 0.1) is 12.6 Å². The van der Waals surface area contributed by atoms with E-state index in [0.29, 0.717) is 31.5 Å². The number of amides is 1. The Kier molecular flexibility index (Phi) is 4.78. The highest BCUT2D eigenvalue weighted by Gasteiger charge is 2.43. The number of rotatable bonds is 6. The molecule has 3 atom stereocenters. The highest BCUT2D eigenvalue weighted by atomic mass is 16.5. The van der Waals surface area contributed by atoms with E-state index in [1.54, 1.807) is 13.2 Å². The van der Waals surface area contributed by atoms with Crippen molar-refractivity contribution in [3.63, 3.8) is 0 Å². The minimum absolute atomic E-state index is 0.0225. The fourth-order valence-electron chi connectivity index (χ4n) is 3.30. The van der Waals surface area contributed by atoms with Crippen molar-refractivity contribution in [3.8, 4) is 0 Å². The summed E-state index contributed by atoms with van der Waals surface area (Å²) >= 11 is 0. The largest absolute Gasteiger partial charge is 0.383 e. The van der Waals surface area contributed by atoms with Gasteiger partial charge in [0.2, 0.25) is 5.91 Å². The van der Waals surface area contributed by atoms with Crippen LogP contribution in [0, 0.1) is 11.8 Å². The zero-order chi connectivity index (χ0) is 13.0. The van der Waals surface area contributed by atoms with Crippen molar-refractivity contribution in [1.29, 1.82) is 0 Å². The molecule has 1 N–H and O–H groups in total. The second-order valence-corrected chi connectivity index (χ2v) is 5.31. The monoisotopic (exact) mass is 252 g/mol. The lowest BCUT2D eigenvalue weighted by atomic mass is 9.93. The summed E-state index contributed by atoms with van der Waals surface area (Å²) in [7, 11) is 1.66. The third-order valence-electron chi connectivity index (χ3n) is 4.24. The average molecular weight is 252 g/mol. The molecule has 0 bridgehead atoms. The summed E-state index contributed by atoms with van der Waals surface area (Å²) < 4.78 is 5.07. The van der Waals surface area contributed by atoms with Crippen LogP contribution in [0.1, 0.15) is 19.3 Å².